The molecule has 0 aliphatic rings. The van der Waals surface area contributed by atoms with E-state index in [1.54, 1.807) is 62.9 Å². The van der Waals surface area contributed by atoms with Crippen molar-refractivity contribution in [3.63, 3.8) is 0 Å². The molecule has 0 atom stereocenters. The van der Waals surface area contributed by atoms with Crippen LogP contribution in [0.15, 0.2) is 60.8 Å². The number of benzene rings is 2. The number of hydrogen-bond donors (Lipinski definition) is 2. The summed E-state index contributed by atoms with van der Waals surface area (Å²) in [6.45, 7) is 0. The lowest BCUT2D eigenvalue weighted by Crippen LogP contribution is -2.13. The van der Waals surface area contributed by atoms with Gasteiger partial charge in [-0.15, -0.1) is 0 Å². The highest BCUT2D eigenvalue weighted by molar-refractivity contribution is 6.03. The Kier molecular flexibility index (Phi) is 5.72. The smallest absolute Gasteiger partial charge is 0.274 e. The molecule has 0 bridgehead atoms. The predicted molar refractivity (Wildman–Crippen MR) is 106 cm³/mol. The minimum absolute atomic E-state index is 0.280. The van der Waals surface area contributed by atoms with Gasteiger partial charge in [0, 0.05) is 17.4 Å². The number of amides is 1. The number of ether oxygens (including phenoxy) is 2. The molecule has 0 radical (unpaired) electrons. The Morgan fingerprint density at radius 2 is 1.61 bits per heavy atom. The number of methoxy groups -OCH3 is 2. The zero-order chi connectivity index (χ0) is 19.9. The molecule has 3 aromatic rings. The predicted octanol–water partition coefficient (Wildman–Crippen LogP) is 3.97. The number of nitrogens with one attached hydrogen (secondary N) is 2. The molecule has 28 heavy (non-hydrogen) atoms. The quantitative estimate of drug-likeness (QED) is 0.678. The Morgan fingerprint density at radius 1 is 0.929 bits per heavy atom. The van der Waals surface area contributed by atoms with Crippen molar-refractivity contribution in [2.45, 2.75) is 0 Å². The third kappa shape index (κ3) is 4.37. The summed E-state index contributed by atoms with van der Waals surface area (Å²) in [5, 5.41) is 14.8. The summed E-state index contributed by atoms with van der Waals surface area (Å²) in [6.07, 6.45) is 1.57. The number of carbonyl (C=O) groups is 1. The van der Waals surface area contributed by atoms with E-state index in [2.05, 4.69) is 15.6 Å². The second kappa shape index (κ2) is 8.56. The van der Waals surface area contributed by atoms with Gasteiger partial charge in [-0.2, -0.15) is 5.26 Å². The van der Waals surface area contributed by atoms with E-state index in [0.29, 0.717) is 22.7 Å². The highest BCUT2D eigenvalue weighted by atomic mass is 16.5. The summed E-state index contributed by atoms with van der Waals surface area (Å²) < 4.78 is 10.5. The number of anilines is 3. The number of aromatic nitrogens is 1. The Labute approximate surface area is 162 Å². The molecule has 0 saturated heterocycles. The van der Waals surface area contributed by atoms with Crippen molar-refractivity contribution in [1.82, 2.24) is 4.98 Å². The van der Waals surface area contributed by atoms with Gasteiger partial charge in [-0.25, -0.2) is 4.98 Å². The maximum atomic E-state index is 12.3. The van der Waals surface area contributed by atoms with E-state index >= 15 is 0 Å². The average Bonchev–Trinajstić information content (AvgIpc) is 2.74. The third-order valence-corrected chi connectivity index (χ3v) is 3.94. The normalized spacial score (nSPS) is 9.89. The van der Waals surface area contributed by atoms with Crippen LogP contribution in [0.4, 0.5) is 17.1 Å². The van der Waals surface area contributed by atoms with Crippen molar-refractivity contribution in [2.75, 3.05) is 24.9 Å². The lowest BCUT2D eigenvalue weighted by Gasteiger charge is -2.11. The van der Waals surface area contributed by atoms with Crippen LogP contribution in [-0.2, 0) is 0 Å². The molecule has 0 unspecified atom stereocenters. The van der Waals surface area contributed by atoms with Crippen molar-refractivity contribution < 1.29 is 14.3 Å². The molecule has 140 valence electrons. The van der Waals surface area contributed by atoms with Gasteiger partial charge in [0.05, 0.1) is 37.7 Å². The van der Waals surface area contributed by atoms with Crippen LogP contribution < -0.4 is 20.1 Å². The fraction of sp³-hybridized carbons (Fsp3) is 0.0952. The Morgan fingerprint density at radius 3 is 2.21 bits per heavy atom. The van der Waals surface area contributed by atoms with Gasteiger partial charge < -0.3 is 20.1 Å². The van der Waals surface area contributed by atoms with Gasteiger partial charge in [0.2, 0.25) is 0 Å². The van der Waals surface area contributed by atoms with Crippen LogP contribution >= 0.6 is 0 Å². The molecular weight excluding hydrogens is 356 g/mol. The van der Waals surface area contributed by atoms with Crippen LogP contribution in [0, 0.1) is 11.3 Å². The molecule has 2 N–H and O–H groups in total. The summed E-state index contributed by atoms with van der Waals surface area (Å²) in [6, 6.07) is 17.5. The molecule has 1 amide bonds. The fourth-order valence-electron chi connectivity index (χ4n) is 2.51. The van der Waals surface area contributed by atoms with E-state index < -0.39 is 0 Å². The van der Waals surface area contributed by atoms with Gasteiger partial charge >= 0.3 is 0 Å². The van der Waals surface area contributed by atoms with E-state index in [0.717, 1.165) is 11.4 Å². The van der Waals surface area contributed by atoms with E-state index in [1.165, 1.54) is 0 Å². The standard InChI is InChI=1S/C21H18N4O3/c1-27-19-10-8-16(11-20(19)28-2)24-17-7-9-18(23-13-17)21(26)25-15-5-3-14(12-22)4-6-15/h3-11,13,24H,1-2H3,(H,25,26). The first-order chi connectivity index (χ1) is 13.6. The van der Waals surface area contributed by atoms with Crippen molar-refractivity contribution in [3.05, 3.63) is 72.1 Å². The molecule has 0 aliphatic carbocycles. The van der Waals surface area contributed by atoms with Crippen LogP contribution in [0.5, 0.6) is 11.5 Å². The molecule has 7 nitrogen and oxygen atoms in total. The minimum Gasteiger partial charge on any atom is -0.493 e. The third-order valence-electron chi connectivity index (χ3n) is 3.94. The van der Waals surface area contributed by atoms with Crippen molar-refractivity contribution in [2.24, 2.45) is 0 Å². The molecule has 0 spiro atoms. The second-order valence-electron chi connectivity index (χ2n) is 5.77. The van der Waals surface area contributed by atoms with Gasteiger partial charge in [-0.3, -0.25) is 4.79 Å². The average molecular weight is 374 g/mol. The Balaban J connectivity index is 1.67. The van der Waals surface area contributed by atoms with Crippen LogP contribution in [0.3, 0.4) is 0 Å². The molecule has 1 aromatic heterocycles. The first-order valence-corrected chi connectivity index (χ1v) is 8.39. The fourth-order valence-corrected chi connectivity index (χ4v) is 2.51. The van der Waals surface area contributed by atoms with Crippen LogP contribution in [0.1, 0.15) is 16.1 Å². The maximum Gasteiger partial charge on any atom is 0.274 e. The zero-order valence-electron chi connectivity index (χ0n) is 15.4. The van der Waals surface area contributed by atoms with Gasteiger partial charge in [0.15, 0.2) is 11.5 Å². The summed E-state index contributed by atoms with van der Waals surface area (Å²) in [5.41, 5.74) is 2.93. The SMILES string of the molecule is COc1ccc(Nc2ccc(C(=O)Nc3ccc(C#N)cc3)nc2)cc1OC. The zero-order valence-corrected chi connectivity index (χ0v) is 15.4. The molecular formula is C21H18N4O3. The summed E-state index contributed by atoms with van der Waals surface area (Å²) in [7, 11) is 3.15. The Hall–Kier alpha value is -4.05. The molecule has 0 saturated carbocycles. The monoisotopic (exact) mass is 374 g/mol. The topological polar surface area (TPSA) is 96.3 Å². The largest absolute Gasteiger partial charge is 0.493 e. The van der Waals surface area contributed by atoms with Crippen LogP contribution in [-0.4, -0.2) is 25.1 Å². The number of pyridine rings is 1. The van der Waals surface area contributed by atoms with Gasteiger partial charge in [0.25, 0.3) is 5.91 Å². The van der Waals surface area contributed by atoms with Crippen LogP contribution in [0.2, 0.25) is 0 Å². The molecule has 7 heteroatoms. The lowest BCUT2D eigenvalue weighted by atomic mass is 10.2. The molecule has 3 rings (SSSR count). The van der Waals surface area contributed by atoms with E-state index in [1.807, 2.05) is 18.2 Å². The highest BCUT2D eigenvalue weighted by Gasteiger charge is 2.09. The summed E-state index contributed by atoms with van der Waals surface area (Å²) in [5.74, 6) is 0.919. The first kappa shape index (κ1) is 18.7. The minimum atomic E-state index is -0.331. The molecule has 0 fully saturated rings. The van der Waals surface area contributed by atoms with E-state index in [-0.39, 0.29) is 11.6 Å². The maximum absolute atomic E-state index is 12.3. The first-order valence-electron chi connectivity index (χ1n) is 8.39. The summed E-state index contributed by atoms with van der Waals surface area (Å²) >= 11 is 0. The number of nitriles is 1. The molecule has 2 aromatic carbocycles. The second-order valence-corrected chi connectivity index (χ2v) is 5.77. The van der Waals surface area contributed by atoms with Crippen molar-refractivity contribution in [1.29, 1.82) is 5.26 Å². The van der Waals surface area contributed by atoms with Crippen molar-refractivity contribution in [3.8, 4) is 17.6 Å². The van der Waals surface area contributed by atoms with Gasteiger partial charge in [-0.1, -0.05) is 0 Å². The number of rotatable bonds is 6. The Bertz CT molecular complexity index is 1010. The molecule has 0 aliphatic heterocycles. The molecule has 1 heterocycles. The highest BCUT2D eigenvalue weighted by Crippen LogP contribution is 2.31. The van der Waals surface area contributed by atoms with E-state index in [9.17, 15) is 4.79 Å². The van der Waals surface area contributed by atoms with Gasteiger partial charge in [0.1, 0.15) is 5.69 Å². The van der Waals surface area contributed by atoms with Gasteiger partial charge in [-0.05, 0) is 48.5 Å². The van der Waals surface area contributed by atoms with Crippen LogP contribution in [0.25, 0.3) is 0 Å². The number of carbonyl (C=O) groups excluding carboxylic acids is 1. The lowest BCUT2D eigenvalue weighted by molar-refractivity contribution is 0.102. The van der Waals surface area contributed by atoms with Crippen molar-refractivity contribution >= 4 is 23.0 Å². The van der Waals surface area contributed by atoms with E-state index in [4.69, 9.17) is 14.7 Å². The number of nitrogens with zero attached hydrogens (tertiary/aromatic N) is 2. The summed E-state index contributed by atoms with van der Waals surface area (Å²) in [4.78, 5) is 16.5. The number of hydrogen-bond acceptors (Lipinski definition) is 6.